The summed E-state index contributed by atoms with van der Waals surface area (Å²) in [6.45, 7) is 3.44. The number of rotatable bonds is 5. The lowest BCUT2D eigenvalue weighted by molar-refractivity contribution is -0.120. The minimum absolute atomic E-state index is 0.106. The monoisotopic (exact) mass is 452 g/mol. The zero-order valence-electron chi connectivity index (χ0n) is 15.3. The second-order valence-corrected chi connectivity index (χ2v) is 7.59. The van der Waals surface area contributed by atoms with E-state index in [0.29, 0.717) is 10.7 Å². The number of benzene rings is 2. The zero-order valence-corrected chi connectivity index (χ0v) is 17.6. The average molecular weight is 454 g/mol. The Balaban J connectivity index is 1.88. The van der Waals surface area contributed by atoms with Crippen LogP contribution in [-0.2, 0) is 14.3 Å². The quantitative estimate of drug-likeness (QED) is 0.509. The van der Waals surface area contributed by atoms with E-state index in [2.05, 4.69) is 5.32 Å². The standard InChI is InChI=1S/C20H15Cl3N2O4/c1-10(2)29-20(28)11-4-3-5-13(8-11)25-18(26)16(23)17(19(25)27)24-12-6-7-14(21)15(22)9-12/h3-10,24H,1-2H3. The molecule has 29 heavy (non-hydrogen) atoms. The molecule has 0 bridgehead atoms. The van der Waals surface area contributed by atoms with Gasteiger partial charge in [-0.25, -0.2) is 9.69 Å². The first-order chi connectivity index (χ1) is 13.7. The molecular weight excluding hydrogens is 439 g/mol. The Kier molecular flexibility index (Phi) is 6.17. The van der Waals surface area contributed by atoms with Crippen LogP contribution in [-0.4, -0.2) is 23.9 Å². The first-order valence-electron chi connectivity index (χ1n) is 8.50. The number of nitrogens with zero attached hydrogens (tertiary/aromatic N) is 1. The number of esters is 1. The van der Waals surface area contributed by atoms with Crippen molar-refractivity contribution in [1.29, 1.82) is 0 Å². The summed E-state index contributed by atoms with van der Waals surface area (Å²) in [4.78, 5) is 38.5. The molecule has 0 atom stereocenters. The molecule has 1 heterocycles. The normalized spacial score (nSPS) is 14.1. The van der Waals surface area contributed by atoms with E-state index in [9.17, 15) is 14.4 Å². The summed E-state index contributed by atoms with van der Waals surface area (Å²) in [5.74, 6) is -1.94. The Morgan fingerprint density at radius 2 is 1.72 bits per heavy atom. The topological polar surface area (TPSA) is 75.7 Å². The minimum Gasteiger partial charge on any atom is -0.459 e. The molecule has 9 heteroatoms. The van der Waals surface area contributed by atoms with Crippen LogP contribution in [0.2, 0.25) is 10.0 Å². The second-order valence-electron chi connectivity index (χ2n) is 6.39. The Morgan fingerprint density at radius 1 is 1.00 bits per heavy atom. The highest BCUT2D eigenvalue weighted by Gasteiger charge is 2.39. The van der Waals surface area contributed by atoms with Crippen molar-refractivity contribution in [1.82, 2.24) is 0 Å². The molecule has 0 aromatic heterocycles. The fourth-order valence-corrected chi connectivity index (χ4v) is 3.13. The summed E-state index contributed by atoms with van der Waals surface area (Å²) in [7, 11) is 0. The summed E-state index contributed by atoms with van der Waals surface area (Å²) in [6, 6.07) is 10.6. The van der Waals surface area contributed by atoms with Crippen LogP contribution in [0.1, 0.15) is 24.2 Å². The van der Waals surface area contributed by atoms with Gasteiger partial charge >= 0.3 is 5.97 Å². The fraction of sp³-hybridized carbons (Fsp3) is 0.150. The van der Waals surface area contributed by atoms with Gasteiger partial charge in [0.25, 0.3) is 11.8 Å². The molecule has 2 aromatic carbocycles. The summed E-state index contributed by atoms with van der Waals surface area (Å²) in [5, 5.41) is 3.14. The maximum atomic E-state index is 12.9. The minimum atomic E-state index is -0.714. The molecule has 1 aliphatic heterocycles. The van der Waals surface area contributed by atoms with Gasteiger partial charge in [0.1, 0.15) is 10.7 Å². The van der Waals surface area contributed by atoms with Crippen LogP contribution < -0.4 is 10.2 Å². The molecule has 0 saturated carbocycles. The Hall–Kier alpha value is -2.54. The van der Waals surface area contributed by atoms with E-state index in [-0.39, 0.29) is 33.1 Å². The number of amides is 2. The summed E-state index contributed by atoms with van der Waals surface area (Å²) >= 11 is 18.0. The van der Waals surface area contributed by atoms with E-state index >= 15 is 0 Å². The third-order valence-corrected chi connectivity index (χ3v) is 4.99. The molecule has 6 nitrogen and oxygen atoms in total. The number of halogens is 3. The number of hydrogen-bond acceptors (Lipinski definition) is 5. The smallest absolute Gasteiger partial charge is 0.338 e. The van der Waals surface area contributed by atoms with Crippen molar-refractivity contribution in [3.8, 4) is 0 Å². The van der Waals surface area contributed by atoms with Gasteiger partial charge in [-0.05, 0) is 50.2 Å². The zero-order chi connectivity index (χ0) is 21.3. The molecule has 0 saturated heterocycles. The number of carbonyl (C=O) groups is 3. The highest BCUT2D eigenvalue weighted by molar-refractivity contribution is 6.53. The molecule has 2 amide bonds. The third-order valence-electron chi connectivity index (χ3n) is 3.90. The lowest BCUT2D eigenvalue weighted by Crippen LogP contribution is -2.32. The van der Waals surface area contributed by atoms with Crippen LogP contribution in [0.5, 0.6) is 0 Å². The van der Waals surface area contributed by atoms with Crippen LogP contribution in [0.15, 0.2) is 53.2 Å². The number of carbonyl (C=O) groups excluding carboxylic acids is 3. The van der Waals surface area contributed by atoms with Crippen molar-refractivity contribution in [3.63, 3.8) is 0 Å². The van der Waals surface area contributed by atoms with Crippen molar-refractivity contribution < 1.29 is 19.1 Å². The largest absolute Gasteiger partial charge is 0.459 e. The van der Waals surface area contributed by atoms with Crippen molar-refractivity contribution in [3.05, 3.63) is 68.8 Å². The molecule has 3 rings (SSSR count). The van der Waals surface area contributed by atoms with E-state index in [0.717, 1.165) is 4.90 Å². The van der Waals surface area contributed by atoms with E-state index in [4.69, 9.17) is 39.5 Å². The van der Waals surface area contributed by atoms with Gasteiger partial charge in [-0.15, -0.1) is 0 Å². The number of anilines is 2. The lowest BCUT2D eigenvalue weighted by atomic mass is 10.2. The van der Waals surface area contributed by atoms with E-state index < -0.39 is 17.8 Å². The number of nitrogens with one attached hydrogen (secondary N) is 1. The predicted octanol–water partition coefficient (Wildman–Crippen LogP) is 4.99. The average Bonchev–Trinajstić information content (AvgIpc) is 2.87. The Morgan fingerprint density at radius 3 is 2.38 bits per heavy atom. The molecule has 1 N–H and O–H groups in total. The maximum Gasteiger partial charge on any atom is 0.338 e. The lowest BCUT2D eigenvalue weighted by Gasteiger charge is -2.16. The SMILES string of the molecule is CC(C)OC(=O)c1cccc(N2C(=O)C(Cl)=C(Nc3ccc(Cl)c(Cl)c3)C2=O)c1. The van der Waals surface area contributed by atoms with Gasteiger partial charge in [-0.3, -0.25) is 9.59 Å². The second kappa shape index (κ2) is 8.45. The number of imide groups is 1. The number of hydrogen-bond donors (Lipinski definition) is 1. The molecule has 0 unspecified atom stereocenters. The summed E-state index contributed by atoms with van der Waals surface area (Å²) in [5.41, 5.74) is 0.733. The van der Waals surface area contributed by atoms with Gasteiger partial charge < -0.3 is 10.1 Å². The molecule has 1 aliphatic rings. The van der Waals surface area contributed by atoms with Crippen LogP contribution in [0.25, 0.3) is 0 Å². The first-order valence-corrected chi connectivity index (χ1v) is 9.64. The highest BCUT2D eigenvalue weighted by atomic mass is 35.5. The van der Waals surface area contributed by atoms with Crippen molar-refractivity contribution in [2.45, 2.75) is 20.0 Å². The molecule has 0 spiro atoms. The Bertz CT molecular complexity index is 1050. The van der Waals surface area contributed by atoms with E-state index in [1.54, 1.807) is 32.0 Å². The molecule has 2 aromatic rings. The van der Waals surface area contributed by atoms with Gasteiger partial charge in [0.15, 0.2) is 0 Å². The molecule has 0 aliphatic carbocycles. The summed E-state index contributed by atoms with van der Waals surface area (Å²) < 4.78 is 5.15. The van der Waals surface area contributed by atoms with Gasteiger partial charge in [0, 0.05) is 5.69 Å². The van der Waals surface area contributed by atoms with E-state index in [1.165, 1.54) is 24.3 Å². The highest BCUT2D eigenvalue weighted by Crippen LogP contribution is 2.32. The Labute approximate surface area is 182 Å². The predicted molar refractivity (Wildman–Crippen MR) is 112 cm³/mol. The van der Waals surface area contributed by atoms with Crippen LogP contribution in [0, 0.1) is 0 Å². The molecule has 150 valence electrons. The van der Waals surface area contributed by atoms with Gasteiger partial charge in [0.05, 0.1) is 27.4 Å². The number of ether oxygens (including phenoxy) is 1. The van der Waals surface area contributed by atoms with Crippen LogP contribution >= 0.6 is 34.8 Å². The first kappa shape index (κ1) is 21.2. The van der Waals surface area contributed by atoms with Gasteiger partial charge in [-0.1, -0.05) is 40.9 Å². The molecule has 0 radical (unpaired) electrons. The fourth-order valence-electron chi connectivity index (χ4n) is 2.62. The van der Waals surface area contributed by atoms with Gasteiger partial charge in [0.2, 0.25) is 0 Å². The molecule has 0 fully saturated rings. The van der Waals surface area contributed by atoms with Crippen molar-refractivity contribution >= 4 is 64.0 Å². The van der Waals surface area contributed by atoms with Crippen LogP contribution in [0.3, 0.4) is 0 Å². The van der Waals surface area contributed by atoms with Gasteiger partial charge in [-0.2, -0.15) is 0 Å². The third kappa shape index (κ3) is 4.40. The maximum absolute atomic E-state index is 12.9. The van der Waals surface area contributed by atoms with Crippen molar-refractivity contribution in [2.24, 2.45) is 0 Å². The van der Waals surface area contributed by atoms with Crippen LogP contribution in [0.4, 0.5) is 11.4 Å². The summed E-state index contributed by atoms with van der Waals surface area (Å²) in [6.07, 6.45) is -0.306. The molecular formula is C20H15Cl3N2O4. The van der Waals surface area contributed by atoms with E-state index in [1.807, 2.05) is 0 Å². The van der Waals surface area contributed by atoms with Crippen molar-refractivity contribution in [2.75, 3.05) is 10.2 Å².